The molecule has 0 bridgehead atoms. The standard InChI is InChI=1S/C35H41F5N4OS.C6H13BN.C4H6O/c1-9-19(6)12-15-26(18(4)5)44(8)33-22-16-24(35(38,39)40)28(29(37)30(22)42-34(43-33)45-11-3)21-13-14-25(36)32-27(21)23(17-41)31(46-32)20(7)10-2;1-7-6-3-4-8(2)5-6;1-3-4(2)5/h13-14,16,18-20,26H,9-12,15H2,1-8H3;6H,3-5H2,1-2H3;3H,1H2,2H3. The number of carbonyl (C=O) groups is 1. The number of carbonyl (C=O) groups excluding carboxylic acids is 1. The van der Waals surface area contributed by atoms with Crippen LogP contribution >= 0.6 is 11.3 Å². The van der Waals surface area contributed by atoms with E-state index in [4.69, 9.17) is 4.74 Å². The van der Waals surface area contributed by atoms with Crippen LogP contribution in [0.5, 0.6) is 6.01 Å². The number of fused-ring (bicyclic) bond motifs is 2. The molecule has 59 heavy (non-hydrogen) atoms. The lowest BCUT2D eigenvalue weighted by Crippen LogP contribution is -2.37. The molecule has 0 amide bonds. The Balaban J connectivity index is 0.000000610. The second-order valence-electron chi connectivity index (χ2n) is 15.8. The van der Waals surface area contributed by atoms with E-state index in [-0.39, 0.29) is 74.2 Å². The maximum Gasteiger partial charge on any atom is 0.417 e. The summed E-state index contributed by atoms with van der Waals surface area (Å²) in [4.78, 5) is 23.2. The molecule has 4 unspecified atom stereocenters. The van der Waals surface area contributed by atoms with Gasteiger partial charge in [-0.15, -0.1) is 11.3 Å². The molecule has 1 saturated heterocycles. The van der Waals surface area contributed by atoms with E-state index in [9.17, 15) is 23.2 Å². The summed E-state index contributed by atoms with van der Waals surface area (Å²) in [6.07, 6.45) is 0.919. The average Bonchev–Trinajstić information content (AvgIpc) is 3.81. The summed E-state index contributed by atoms with van der Waals surface area (Å²) in [5.74, 6) is -0.499. The first-order valence-corrected chi connectivity index (χ1v) is 21.3. The molecule has 5 rings (SSSR count). The number of anilines is 1. The van der Waals surface area contributed by atoms with Gasteiger partial charge in [-0.3, -0.25) is 4.79 Å². The quantitative estimate of drug-likeness (QED) is 0.0710. The molecule has 1 radical (unpaired) electrons. The summed E-state index contributed by atoms with van der Waals surface area (Å²) < 4.78 is 82.6. The van der Waals surface area contributed by atoms with Crippen molar-refractivity contribution in [3.8, 4) is 23.2 Å². The number of rotatable bonds is 14. The lowest BCUT2D eigenvalue weighted by Gasteiger charge is -2.34. The van der Waals surface area contributed by atoms with Crippen LogP contribution in [0.1, 0.15) is 109 Å². The molecule has 0 N–H and O–H groups in total. The molecule has 14 heteroatoms. The Labute approximate surface area is 352 Å². The predicted molar refractivity (Wildman–Crippen MR) is 234 cm³/mol. The van der Waals surface area contributed by atoms with Gasteiger partial charge in [0.05, 0.1) is 22.4 Å². The Morgan fingerprint density at radius 1 is 1.15 bits per heavy atom. The summed E-state index contributed by atoms with van der Waals surface area (Å²) in [5, 5.41) is 9.99. The highest BCUT2D eigenvalue weighted by atomic mass is 32.1. The van der Waals surface area contributed by atoms with Crippen molar-refractivity contribution in [2.45, 2.75) is 118 Å². The third-order valence-electron chi connectivity index (χ3n) is 11.2. The lowest BCUT2D eigenvalue weighted by atomic mass is 9.67. The molecule has 4 atom stereocenters. The van der Waals surface area contributed by atoms with Crippen molar-refractivity contribution in [2.75, 3.05) is 38.7 Å². The minimum absolute atomic E-state index is 0.0103. The number of ether oxygens (including phenoxy) is 1. The first-order valence-electron chi connectivity index (χ1n) is 20.5. The van der Waals surface area contributed by atoms with Gasteiger partial charge in [0, 0.05) is 34.3 Å². The van der Waals surface area contributed by atoms with Crippen LogP contribution in [0.3, 0.4) is 0 Å². The molecular formula is C45H60BF5N5O2S. The predicted octanol–water partition coefficient (Wildman–Crippen LogP) is 12.5. The minimum atomic E-state index is -5.00. The highest BCUT2D eigenvalue weighted by molar-refractivity contribution is 7.19. The number of allylic oxidation sites excluding steroid dienone is 1. The highest BCUT2D eigenvalue weighted by Gasteiger charge is 2.39. The van der Waals surface area contributed by atoms with Gasteiger partial charge >= 0.3 is 12.2 Å². The lowest BCUT2D eigenvalue weighted by molar-refractivity contribution is -0.137. The second kappa shape index (κ2) is 22.0. The summed E-state index contributed by atoms with van der Waals surface area (Å²) >= 11 is 1.02. The normalized spacial score (nSPS) is 15.8. The number of nitrogens with zero attached hydrogens (tertiary/aromatic N) is 5. The Morgan fingerprint density at radius 2 is 1.81 bits per heavy atom. The van der Waals surface area contributed by atoms with Crippen LogP contribution < -0.4 is 9.64 Å². The number of thiophene rings is 1. The number of halogens is 5. The number of likely N-dealkylation sites (tertiary alicyclic amines) is 1. The van der Waals surface area contributed by atoms with E-state index in [1.165, 1.54) is 32.5 Å². The molecule has 2 aromatic heterocycles. The van der Waals surface area contributed by atoms with Crippen molar-refractivity contribution in [2.24, 2.45) is 11.8 Å². The van der Waals surface area contributed by atoms with Crippen LogP contribution in [0.15, 0.2) is 30.9 Å². The Kier molecular flexibility index (Phi) is 18.3. The molecule has 1 aliphatic rings. The molecule has 7 nitrogen and oxygen atoms in total. The summed E-state index contributed by atoms with van der Waals surface area (Å²) in [5.41, 5.74) is -2.56. The van der Waals surface area contributed by atoms with Crippen molar-refractivity contribution in [3.05, 3.63) is 58.5 Å². The topological polar surface area (TPSA) is 82.3 Å². The van der Waals surface area contributed by atoms with Crippen molar-refractivity contribution in [3.63, 3.8) is 0 Å². The fraction of sp³-hybridized carbons (Fsp3) is 0.556. The van der Waals surface area contributed by atoms with Gasteiger partial charge in [0.2, 0.25) is 0 Å². The number of hydrogen-bond donors (Lipinski definition) is 0. The van der Waals surface area contributed by atoms with Crippen LogP contribution in [0.2, 0.25) is 12.6 Å². The smallest absolute Gasteiger partial charge is 0.417 e. The number of alkyl halides is 3. The molecule has 4 aromatic rings. The number of benzene rings is 2. The van der Waals surface area contributed by atoms with Crippen molar-refractivity contribution in [1.82, 2.24) is 14.9 Å². The molecule has 1 fully saturated rings. The maximum atomic E-state index is 16.9. The average molecular weight is 841 g/mol. The number of nitriles is 1. The minimum Gasteiger partial charge on any atom is -0.464 e. The van der Waals surface area contributed by atoms with Crippen LogP contribution in [-0.4, -0.2) is 67.8 Å². The summed E-state index contributed by atoms with van der Waals surface area (Å²) in [6.45, 7) is 23.3. The zero-order chi connectivity index (χ0) is 44.4. The third kappa shape index (κ3) is 12.0. The number of aromatic nitrogens is 2. The van der Waals surface area contributed by atoms with Gasteiger partial charge in [-0.1, -0.05) is 73.2 Å². The van der Waals surface area contributed by atoms with Gasteiger partial charge < -0.3 is 14.5 Å². The largest absolute Gasteiger partial charge is 0.464 e. The van der Waals surface area contributed by atoms with Crippen LogP contribution in [0, 0.1) is 34.8 Å². The Hall–Kier alpha value is -4.09. The van der Waals surface area contributed by atoms with Gasteiger partial charge in [-0.2, -0.15) is 28.4 Å². The van der Waals surface area contributed by atoms with Gasteiger partial charge in [-0.25, -0.2) is 8.78 Å². The molecule has 0 saturated carbocycles. The number of hydrogen-bond acceptors (Lipinski definition) is 8. The fourth-order valence-corrected chi connectivity index (χ4v) is 8.53. The van der Waals surface area contributed by atoms with Crippen LogP contribution in [0.25, 0.3) is 32.1 Å². The molecule has 1 aliphatic heterocycles. The van der Waals surface area contributed by atoms with Gasteiger partial charge in [0.1, 0.15) is 30.5 Å². The van der Waals surface area contributed by atoms with E-state index in [1.54, 1.807) is 18.9 Å². The van der Waals surface area contributed by atoms with E-state index in [0.29, 0.717) is 17.2 Å². The van der Waals surface area contributed by atoms with E-state index in [2.05, 4.69) is 62.5 Å². The van der Waals surface area contributed by atoms with E-state index >= 15 is 8.78 Å². The molecular weight excluding hydrogens is 780 g/mol. The molecule has 3 heterocycles. The van der Waals surface area contributed by atoms with Crippen molar-refractivity contribution >= 4 is 51.2 Å². The molecule has 0 spiro atoms. The maximum absolute atomic E-state index is 16.9. The Bertz CT molecular complexity index is 2100. The van der Waals surface area contributed by atoms with E-state index in [1.807, 2.05) is 27.7 Å². The van der Waals surface area contributed by atoms with Crippen LogP contribution in [0.4, 0.5) is 27.8 Å². The SMILES string of the molecule is C=CC(C)=O.CCOc1nc(N(C)C(CCC(C)CC)C(C)C)c2cc(C(F)(F)F)c(-c3ccc(F)c4sc(C(C)CC)c(C#N)c34)c(F)c2n1.C[B]C1CCN(C)C1. The van der Waals surface area contributed by atoms with Crippen molar-refractivity contribution < 1.29 is 31.5 Å². The van der Waals surface area contributed by atoms with Crippen molar-refractivity contribution in [1.29, 1.82) is 5.26 Å². The molecule has 0 aliphatic carbocycles. The third-order valence-corrected chi connectivity index (χ3v) is 12.6. The number of ketones is 1. The zero-order valence-electron chi connectivity index (χ0n) is 36.5. The van der Waals surface area contributed by atoms with E-state index < -0.39 is 28.9 Å². The summed E-state index contributed by atoms with van der Waals surface area (Å²) in [7, 11) is 6.25. The highest BCUT2D eigenvalue weighted by Crippen LogP contribution is 2.49. The van der Waals surface area contributed by atoms with Gasteiger partial charge in [-0.05, 0) is 101 Å². The van der Waals surface area contributed by atoms with Gasteiger partial charge in [0.15, 0.2) is 11.6 Å². The molecule has 2 aromatic carbocycles. The van der Waals surface area contributed by atoms with E-state index in [0.717, 1.165) is 54.6 Å². The molecule has 321 valence electrons. The fourth-order valence-electron chi connectivity index (χ4n) is 7.21. The Morgan fingerprint density at radius 3 is 2.29 bits per heavy atom. The monoisotopic (exact) mass is 840 g/mol. The summed E-state index contributed by atoms with van der Waals surface area (Å²) in [6, 6.07) is 4.81. The zero-order valence-corrected chi connectivity index (χ0v) is 37.3. The van der Waals surface area contributed by atoms with Gasteiger partial charge in [0.25, 0.3) is 0 Å². The second-order valence-corrected chi connectivity index (χ2v) is 16.9. The first-order chi connectivity index (χ1) is 27.8. The van der Waals surface area contributed by atoms with Crippen LogP contribution in [-0.2, 0) is 11.0 Å². The first kappa shape index (κ1) is 49.3.